The van der Waals surface area contributed by atoms with E-state index >= 15 is 0 Å². The summed E-state index contributed by atoms with van der Waals surface area (Å²) in [7, 11) is 0. The zero-order valence-corrected chi connectivity index (χ0v) is 6.47. The first-order valence-electron chi connectivity index (χ1n) is 3.30. The molecule has 0 bridgehead atoms. The zero-order valence-electron chi connectivity index (χ0n) is 6.47. The Bertz CT molecular complexity index is 195. The lowest BCUT2D eigenvalue weighted by Gasteiger charge is -2.04. The minimum atomic E-state index is -0.945. The number of allylic oxidation sites excluding steroid dienone is 1. The number of aliphatic hydroxyl groups excluding tert-OH is 1. The molecule has 0 rings (SSSR count). The highest BCUT2D eigenvalue weighted by Gasteiger charge is 2.01. The SMILES string of the molecule is C=CC(=O)OCC(O)C=CC=O. The van der Waals surface area contributed by atoms with Crippen molar-refractivity contribution in [1.82, 2.24) is 0 Å². The molecule has 4 nitrogen and oxygen atoms in total. The minimum absolute atomic E-state index is 0.171. The molecule has 0 spiro atoms. The summed E-state index contributed by atoms with van der Waals surface area (Å²) in [6.45, 7) is 3.00. The molecule has 1 N–H and O–H groups in total. The maximum atomic E-state index is 10.4. The number of hydrogen-bond acceptors (Lipinski definition) is 4. The first kappa shape index (κ1) is 10.6. The maximum absolute atomic E-state index is 10.4. The molecule has 66 valence electrons. The molecule has 0 saturated heterocycles. The third-order valence-corrected chi connectivity index (χ3v) is 0.975. The van der Waals surface area contributed by atoms with E-state index in [1.54, 1.807) is 0 Å². The number of aldehydes is 1. The van der Waals surface area contributed by atoms with Crippen LogP contribution >= 0.6 is 0 Å². The summed E-state index contributed by atoms with van der Waals surface area (Å²) in [6.07, 6.45) is 2.93. The lowest BCUT2D eigenvalue weighted by atomic mass is 10.3. The van der Waals surface area contributed by atoms with Gasteiger partial charge in [0.2, 0.25) is 0 Å². The topological polar surface area (TPSA) is 63.6 Å². The van der Waals surface area contributed by atoms with E-state index in [1.165, 1.54) is 6.08 Å². The summed E-state index contributed by atoms with van der Waals surface area (Å²) in [6, 6.07) is 0. The van der Waals surface area contributed by atoms with E-state index in [-0.39, 0.29) is 6.61 Å². The molecule has 0 heterocycles. The fourth-order valence-electron chi connectivity index (χ4n) is 0.456. The van der Waals surface area contributed by atoms with Gasteiger partial charge in [-0.15, -0.1) is 0 Å². The van der Waals surface area contributed by atoms with Crippen LogP contribution in [0.25, 0.3) is 0 Å². The largest absolute Gasteiger partial charge is 0.459 e. The number of aliphatic hydroxyl groups is 1. The standard InChI is InChI=1S/C8H10O4/c1-2-8(11)12-6-7(10)4-3-5-9/h2-5,7,10H,1,6H2. The van der Waals surface area contributed by atoms with E-state index in [0.717, 1.165) is 12.2 Å². The highest BCUT2D eigenvalue weighted by Crippen LogP contribution is 1.88. The van der Waals surface area contributed by atoms with E-state index in [9.17, 15) is 9.59 Å². The number of hydrogen-bond donors (Lipinski definition) is 1. The molecular formula is C8H10O4. The van der Waals surface area contributed by atoms with Gasteiger partial charge in [-0.1, -0.05) is 6.58 Å². The summed E-state index contributed by atoms with van der Waals surface area (Å²) in [5.41, 5.74) is 0. The zero-order chi connectivity index (χ0) is 9.40. The molecule has 0 saturated carbocycles. The molecule has 0 aromatic carbocycles. The van der Waals surface area contributed by atoms with Crippen molar-refractivity contribution in [3.8, 4) is 0 Å². The molecule has 1 unspecified atom stereocenters. The van der Waals surface area contributed by atoms with Gasteiger partial charge in [0.05, 0.1) is 0 Å². The summed E-state index contributed by atoms with van der Waals surface area (Å²) in [5, 5.41) is 8.97. The number of esters is 1. The van der Waals surface area contributed by atoms with Crippen LogP contribution in [0.15, 0.2) is 24.8 Å². The van der Waals surface area contributed by atoms with E-state index in [2.05, 4.69) is 11.3 Å². The smallest absolute Gasteiger partial charge is 0.330 e. The third kappa shape index (κ3) is 5.37. The highest BCUT2D eigenvalue weighted by molar-refractivity contribution is 5.81. The van der Waals surface area contributed by atoms with Crippen molar-refractivity contribution < 1.29 is 19.4 Å². The average Bonchev–Trinajstić information content (AvgIpc) is 2.10. The molecular weight excluding hydrogens is 160 g/mol. The summed E-state index contributed by atoms with van der Waals surface area (Å²) >= 11 is 0. The molecule has 0 aromatic heterocycles. The number of rotatable bonds is 5. The molecule has 12 heavy (non-hydrogen) atoms. The van der Waals surface area contributed by atoms with Crippen LogP contribution in [0.3, 0.4) is 0 Å². The van der Waals surface area contributed by atoms with E-state index < -0.39 is 12.1 Å². The Morgan fingerprint density at radius 1 is 1.67 bits per heavy atom. The Hall–Kier alpha value is -1.42. The predicted octanol–water partition coefficient (Wildman–Crippen LogP) is -0.168. The van der Waals surface area contributed by atoms with Crippen LogP contribution in [0, 0.1) is 0 Å². The van der Waals surface area contributed by atoms with Gasteiger partial charge >= 0.3 is 5.97 Å². The summed E-state index contributed by atoms with van der Waals surface area (Å²) in [4.78, 5) is 20.2. The molecule has 0 aliphatic heterocycles. The van der Waals surface area contributed by atoms with Crippen molar-refractivity contribution in [2.45, 2.75) is 6.10 Å². The van der Waals surface area contributed by atoms with Crippen molar-refractivity contribution >= 4 is 12.3 Å². The quantitative estimate of drug-likeness (QED) is 0.353. The lowest BCUT2D eigenvalue weighted by molar-refractivity contribution is -0.139. The Kier molecular flexibility index (Phi) is 5.55. The van der Waals surface area contributed by atoms with Crippen LogP contribution in [0.4, 0.5) is 0 Å². The van der Waals surface area contributed by atoms with Gasteiger partial charge in [0.1, 0.15) is 19.0 Å². The molecule has 0 aliphatic rings. The van der Waals surface area contributed by atoms with Gasteiger partial charge in [-0.3, -0.25) is 4.79 Å². The van der Waals surface area contributed by atoms with Crippen LogP contribution in [0.1, 0.15) is 0 Å². The van der Waals surface area contributed by atoms with Crippen molar-refractivity contribution in [2.75, 3.05) is 6.61 Å². The molecule has 0 fully saturated rings. The Balaban J connectivity index is 3.62. The normalized spacial score (nSPS) is 12.4. The second-order valence-corrected chi connectivity index (χ2v) is 1.92. The average molecular weight is 170 g/mol. The van der Waals surface area contributed by atoms with Crippen LogP contribution in [-0.4, -0.2) is 30.1 Å². The predicted molar refractivity (Wildman–Crippen MR) is 42.4 cm³/mol. The van der Waals surface area contributed by atoms with E-state index in [0.29, 0.717) is 6.29 Å². The van der Waals surface area contributed by atoms with Gasteiger partial charge < -0.3 is 9.84 Å². The van der Waals surface area contributed by atoms with Gasteiger partial charge in [-0.2, -0.15) is 0 Å². The van der Waals surface area contributed by atoms with Crippen LogP contribution in [-0.2, 0) is 14.3 Å². The van der Waals surface area contributed by atoms with Crippen molar-refractivity contribution in [2.24, 2.45) is 0 Å². The van der Waals surface area contributed by atoms with Crippen molar-refractivity contribution in [3.05, 3.63) is 24.8 Å². The van der Waals surface area contributed by atoms with E-state index in [1.807, 2.05) is 0 Å². The second kappa shape index (κ2) is 6.30. The summed E-state index contributed by atoms with van der Waals surface area (Å²) < 4.78 is 4.48. The first-order chi connectivity index (χ1) is 5.70. The van der Waals surface area contributed by atoms with Crippen LogP contribution in [0.2, 0.25) is 0 Å². The number of carbonyl (C=O) groups is 2. The van der Waals surface area contributed by atoms with Gasteiger partial charge in [0.15, 0.2) is 0 Å². The van der Waals surface area contributed by atoms with Gasteiger partial charge in [0.25, 0.3) is 0 Å². The van der Waals surface area contributed by atoms with Gasteiger partial charge in [-0.05, 0) is 12.2 Å². The van der Waals surface area contributed by atoms with Crippen LogP contribution < -0.4 is 0 Å². The minimum Gasteiger partial charge on any atom is -0.459 e. The number of ether oxygens (including phenoxy) is 1. The molecule has 1 atom stereocenters. The van der Waals surface area contributed by atoms with Gasteiger partial charge in [0, 0.05) is 6.08 Å². The molecule has 0 aromatic rings. The highest BCUT2D eigenvalue weighted by atomic mass is 16.5. The summed E-state index contributed by atoms with van der Waals surface area (Å²) in [5.74, 6) is -0.603. The van der Waals surface area contributed by atoms with E-state index in [4.69, 9.17) is 5.11 Å². The molecule has 0 radical (unpaired) electrons. The second-order valence-electron chi connectivity index (χ2n) is 1.92. The monoisotopic (exact) mass is 170 g/mol. The molecule has 0 amide bonds. The first-order valence-corrected chi connectivity index (χ1v) is 3.30. The third-order valence-electron chi connectivity index (χ3n) is 0.975. The Labute approximate surface area is 70.1 Å². The lowest BCUT2D eigenvalue weighted by Crippen LogP contribution is -2.14. The Morgan fingerprint density at radius 2 is 2.33 bits per heavy atom. The number of carbonyl (C=O) groups excluding carboxylic acids is 2. The maximum Gasteiger partial charge on any atom is 0.330 e. The fraction of sp³-hybridized carbons (Fsp3) is 0.250. The van der Waals surface area contributed by atoms with Crippen molar-refractivity contribution in [1.29, 1.82) is 0 Å². The van der Waals surface area contributed by atoms with Crippen LogP contribution in [0.5, 0.6) is 0 Å². The Morgan fingerprint density at radius 3 is 2.83 bits per heavy atom. The fourth-order valence-corrected chi connectivity index (χ4v) is 0.456. The van der Waals surface area contributed by atoms with Crippen molar-refractivity contribution in [3.63, 3.8) is 0 Å². The molecule has 0 aliphatic carbocycles. The molecule has 4 heteroatoms. The van der Waals surface area contributed by atoms with Gasteiger partial charge in [-0.25, -0.2) is 4.79 Å².